The van der Waals surface area contributed by atoms with Gasteiger partial charge in [0, 0.05) is 4.47 Å². The molecule has 104 valence electrons. The third kappa shape index (κ3) is 3.57. The average molecular weight is 346 g/mol. The van der Waals surface area contributed by atoms with E-state index in [0.717, 1.165) is 21.5 Å². The summed E-state index contributed by atoms with van der Waals surface area (Å²) in [6.07, 6.45) is 1.91. The molecule has 1 aromatic rings. The predicted octanol–water partition coefficient (Wildman–Crippen LogP) is 2.76. The number of amides is 1. The standard InChI is InChI=1S/C13H16BrNO3S/c1-8(15-13(16)7-19-2)9-5-11-12(6-10(9)14)18-4-3-17-11/h5-6,8H,3-4,7H2,1-2H3,(H,15,16). The Labute approximate surface area is 125 Å². The summed E-state index contributed by atoms with van der Waals surface area (Å²) in [6.45, 7) is 3.08. The zero-order chi connectivity index (χ0) is 13.8. The maximum atomic E-state index is 11.6. The molecule has 1 unspecified atom stereocenters. The van der Waals surface area contributed by atoms with Crippen molar-refractivity contribution in [1.82, 2.24) is 5.32 Å². The van der Waals surface area contributed by atoms with Crippen LogP contribution in [-0.4, -0.2) is 31.1 Å². The van der Waals surface area contributed by atoms with Crippen molar-refractivity contribution in [1.29, 1.82) is 0 Å². The first kappa shape index (κ1) is 14.5. The molecular weight excluding hydrogens is 330 g/mol. The summed E-state index contributed by atoms with van der Waals surface area (Å²) in [5.74, 6) is 1.97. The number of benzene rings is 1. The summed E-state index contributed by atoms with van der Waals surface area (Å²) >= 11 is 5.02. The van der Waals surface area contributed by atoms with Crippen molar-refractivity contribution in [2.75, 3.05) is 25.2 Å². The number of thioether (sulfide) groups is 1. The van der Waals surface area contributed by atoms with Gasteiger partial charge in [-0.25, -0.2) is 0 Å². The lowest BCUT2D eigenvalue weighted by Gasteiger charge is -2.22. The normalized spacial score (nSPS) is 14.9. The number of ether oxygens (including phenoxy) is 2. The lowest BCUT2D eigenvalue weighted by Crippen LogP contribution is -2.28. The number of hydrogen-bond donors (Lipinski definition) is 1. The van der Waals surface area contributed by atoms with Gasteiger partial charge in [0.05, 0.1) is 11.8 Å². The number of carbonyl (C=O) groups is 1. The van der Waals surface area contributed by atoms with Crippen LogP contribution in [0.25, 0.3) is 0 Å². The van der Waals surface area contributed by atoms with E-state index in [1.807, 2.05) is 25.3 Å². The molecule has 1 aromatic carbocycles. The summed E-state index contributed by atoms with van der Waals surface area (Å²) in [5, 5.41) is 2.96. The molecule has 4 nitrogen and oxygen atoms in total. The van der Waals surface area contributed by atoms with Gasteiger partial charge in [-0.15, -0.1) is 0 Å². The molecule has 0 saturated heterocycles. The monoisotopic (exact) mass is 345 g/mol. The van der Waals surface area contributed by atoms with E-state index in [-0.39, 0.29) is 11.9 Å². The van der Waals surface area contributed by atoms with Crippen molar-refractivity contribution < 1.29 is 14.3 Å². The lowest BCUT2D eigenvalue weighted by molar-refractivity contribution is -0.119. The van der Waals surface area contributed by atoms with Crippen LogP contribution in [0, 0.1) is 0 Å². The van der Waals surface area contributed by atoms with Crippen LogP contribution in [0.4, 0.5) is 0 Å². The Bertz CT molecular complexity index is 481. The van der Waals surface area contributed by atoms with E-state index in [1.54, 1.807) is 0 Å². The summed E-state index contributed by atoms with van der Waals surface area (Å²) in [7, 11) is 0. The molecule has 0 aromatic heterocycles. The van der Waals surface area contributed by atoms with Gasteiger partial charge in [0.15, 0.2) is 11.5 Å². The second kappa shape index (κ2) is 6.52. The Hall–Kier alpha value is -0.880. The summed E-state index contributed by atoms with van der Waals surface area (Å²) in [6, 6.07) is 3.73. The van der Waals surface area contributed by atoms with Crippen molar-refractivity contribution in [2.24, 2.45) is 0 Å². The Morgan fingerprint density at radius 2 is 2.05 bits per heavy atom. The van der Waals surface area contributed by atoms with Gasteiger partial charge in [-0.05, 0) is 30.9 Å². The molecule has 1 N–H and O–H groups in total. The highest BCUT2D eigenvalue weighted by Gasteiger charge is 2.18. The minimum Gasteiger partial charge on any atom is -0.486 e. The molecule has 0 bridgehead atoms. The zero-order valence-electron chi connectivity index (χ0n) is 10.9. The minimum atomic E-state index is -0.0788. The second-order valence-electron chi connectivity index (χ2n) is 4.24. The molecule has 0 spiro atoms. The largest absolute Gasteiger partial charge is 0.486 e. The van der Waals surface area contributed by atoms with Gasteiger partial charge < -0.3 is 14.8 Å². The third-order valence-electron chi connectivity index (χ3n) is 2.78. The van der Waals surface area contributed by atoms with E-state index in [2.05, 4.69) is 21.2 Å². The maximum absolute atomic E-state index is 11.6. The fourth-order valence-corrected chi connectivity index (χ4v) is 2.91. The minimum absolute atomic E-state index is 0.0294. The van der Waals surface area contributed by atoms with E-state index in [1.165, 1.54) is 11.8 Å². The first-order chi connectivity index (χ1) is 9.11. The van der Waals surface area contributed by atoms with Crippen LogP contribution < -0.4 is 14.8 Å². The van der Waals surface area contributed by atoms with Gasteiger partial charge in [-0.2, -0.15) is 11.8 Å². The Kier molecular flexibility index (Phi) is 4.99. The van der Waals surface area contributed by atoms with Crippen molar-refractivity contribution in [2.45, 2.75) is 13.0 Å². The second-order valence-corrected chi connectivity index (χ2v) is 5.96. The van der Waals surface area contributed by atoms with Gasteiger partial charge in [0.25, 0.3) is 0 Å². The molecule has 1 atom stereocenters. The van der Waals surface area contributed by atoms with Crippen LogP contribution in [0.1, 0.15) is 18.5 Å². The van der Waals surface area contributed by atoms with E-state index in [0.29, 0.717) is 19.0 Å². The highest BCUT2D eigenvalue weighted by Crippen LogP contribution is 2.37. The van der Waals surface area contributed by atoms with Gasteiger partial charge in [0.2, 0.25) is 5.91 Å². The van der Waals surface area contributed by atoms with Crippen molar-refractivity contribution >= 4 is 33.6 Å². The van der Waals surface area contributed by atoms with Gasteiger partial charge >= 0.3 is 0 Å². The molecule has 1 heterocycles. The summed E-state index contributed by atoms with van der Waals surface area (Å²) in [5.41, 5.74) is 0.985. The van der Waals surface area contributed by atoms with Gasteiger partial charge in [-0.3, -0.25) is 4.79 Å². The molecular formula is C13H16BrNO3S. The van der Waals surface area contributed by atoms with Crippen LogP contribution in [-0.2, 0) is 4.79 Å². The van der Waals surface area contributed by atoms with Crippen LogP contribution in [0.5, 0.6) is 11.5 Å². The van der Waals surface area contributed by atoms with E-state index in [4.69, 9.17) is 9.47 Å². The molecule has 0 saturated carbocycles. The predicted molar refractivity (Wildman–Crippen MR) is 80.1 cm³/mol. The number of nitrogens with one attached hydrogen (secondary N) is 1. The number of carbonyl (C=O) groups excluding carboxylic acids is 1. The molecule has 19 heavy (non-hydrogen) atoms. The number of hydrogen-bond acceptors (Lipinski definition) is 4. The first-order valence-electron chi connectivity index (χ1n) is 5.99. The summed E-state index contributed by atoms with van der Waals surface area (Å²) in [4.78, 5) is 11.6. The van der Waals surface area contributed by atoms with Crippen LogP contribution in [0.3, 0.4) is 0 Å². The van der Waals surface area contributed by atoms with E-state index >= 15 is 0 Å². The number of halogens is 1. The van der Waals surface area contributed by atoms with Crippen molar-refractivity contribution in [3.8, 4) is 11.5 Å². The third-order valence-corrected chi connectivity index (χ3v) is 4.02. The van der Waals surface area contributed by atoms with Gasteiger partial charge in [0.1, 0.15) is 13.2 Å². The number of rotatable bonds is 4. The Morgan fingerprint density at radius 3 is 2.68 bits per heavy atom. The highest BCUT2D eigenvalue weighted by atomic mass is 79.9. The molecule has 0 radical (unpaired) electrons. The Balaban J connectivity index is 2.17. The average Bonchev–Trinajstić information content (AvgIpc) is 2.38. The molecule has 1 aliphatic heterocycles. The Morgan fingerprint density at radius 1 is 1.42 bits per heavy atom. The summed E-state index contributed by atoms with van der Waals surface area (Å²) < 4.78 is 12.0. The van der Waals surface area contributed by atoms with Crippen molar-refractivity contribution in [3.05, 3.63) is 22.2 Å². The molecule has 2 rings (SSSR count). The van der Waals surface area contributed by atoms with Gasteiger partial charge in [-0.1, -0.05) is 15.9 Å². The smallest absolute Gasteiger partial charge is 0.230 e. The molecule has 1 amide bonds. The molecule has 1 aliphatic rings. The fraction of sp³-hybridized carbons (Fsp3) is 0.462. The molecule has 0 fully saturated rings. The lowest BCUT2D eigenvalue weighted by atomic mass is 10.1. The van der Waals surface area contributed by atoms with Crippen LogP contribution in [0.2, 0.25) is 0 Å². The topological polar surface area (TPSA) is 47.6 Å². The van der Waals surface area contributed by atoms with E-state index in [9.17, 15) is 4.79 Å². The van der Waals surface area contributed by atoms with Crippen molar-refractivity contribution in [3.63, 3.8) is 0 Å². The SMILES string of the molecule is CSCC(=O)NC(C)c1cc2c(cc1Br)OCCO2. The molecule has 6 heteroatoms. The highest BCUT2D eigenvalue weighted by molar-refractivity contribution is 9.10. The quantitative estimate of drug-likeness (QED) is 0.911. The van der Waals surface area contributed by atoms with E-state index < -0.39 is 0 Å². The maximum Gasteiger partial charge on any atom is 0.230 e. The zero-order valence-corrected chi connectivity index (χ0v) is 13.3. The number of fused-ring (bicyclic) bond motifs is 1. The van der Waals surface area contributed by atoms with Crippen LogP contribution >= 0.6 is 27.7 Å². The fourth-order valence-electron chi connectivity index (χ4n) is 1.90. The molecule has 0 aliphatic carbocycles. The first-order valence-corrected chi connectivity index (χ1v) is 8.18. The van der Waals surface area contributed by atoms with Crippen LogP contribution in [0.15, 0.2) is 16.6 Å².